The smallest absolute Gasteiger partial charge is 0.343 e. The zero-order valence-corrected chi connectivity index (χ0v) is 9.51. The summed E-state index contributed by atoms with van der Waals surface area (Å²) < 4.78 is 6.86. The molecule has 3 rings (SSSR count). The second-order valence-corrected chi connectivity index (χ2v) is 4.14. The van der Waals surface area contributed by atoms with E-state index in [-0.39, 0.29) is 11.7 Å². The molecule has 1 N–H and O–H groups in total. The number of rotatable bonds is 2. The minimum absolute atomic E-state index is 0.0992. The van der Waals surface area contributed by atoms with E-state index in [1.54, 1.807) is 11.7 Å². The Morgan fingerprint density at radius 3 is 2.88 bits per heavy atom. The highest BCUT2D eigenvalue weighted by atomic mass is 16.5. The molecule has 1 atom stereocenters. The molecule has 0 saturated heterocycles. The van der Waals surface area contributed by atoms with E-state index in [0.29, 0.717) is 0 Å². The molecule has 1 aliphatic rings. The van der Waals surface area contributed by atoms with Crippen LogP contribution in [-0.4, -0.2) is 21.9 Å². The summed E-state index contributed by atoms with van der Waals surface area (Å²) in [7, 11) is 1.64. The number of nitrogens with one attached hydrogen (secondary N) is 1. The highest BCUT2D eigenvalue weighted by molar-refractivity contribution is 5.30. The van der Waals surface area contributed by atoms with Gasteiger partial charge in [-0.3, -0.25) is 4.57 Å². The fourth-order valence-electron chi connectivity index (χ4n) is 2.37. The van der Waals surface area contributed by atoms with Gasteiger partial charge in [-0.05, 0) is 24.1 Å². The van der Waals surface area contributed by atoms with Crippen molar-refractivity contribution in [3.8, 4) is 5.75 Å². The monoisotopic (exact) mass is 231 g/mol. The molecule has 0 fully saturated rings. The van der Waals surface area contributed by atoms with Crippen LogP contribution in [0.15, 0.2) is 29.1 Å². The Balaban J connectivity index is 2.00. The highest BCUT2D eigenvalue weighted by Gasteiger charge is 2.26. The van der Waals surface area contributed by atoms with Crippen molar-refractivity contribution in [1.82, 2.24) is 14.8 Å². The van der Waals surface area contributed by atoms with Crippen molar-refractivity contribution in [2.24, 2.45) is 0 Å². The first-order valence-electron chi connectivity index (χ1n) is 5.59. The molecule has 5 heteroatoms. The van der Waals surface area contributed by atoms with Crippen molar-refractivity contribution in [1.29, 1.82) is 0 Å². The minimum atomic E-state index is -0.127. The van der Waals surface area contributed by atoms with Gasteiger partial charge in [0.05, 0.1) is 13.2 Å². The molecule has 2 heterocycles. The van der Waals surface area contributed by atoms with E-state index in [1.807, 2.05) is 24.3 Å². The molecule has 1 aromatic heterocycles. The maximum absolute atomic E-state index is 11.6. The van der Waals surface area contributed by atoms with Gasteiger partial charge >= 0.3 is 5.69 Å². The van der Waals surface area contributed by atoms with Crippen molar-refractivity contribution < 1.29 is 4.74 Å². The Morgan fingerprint density at radius 2 is 2.18 bits per heavy atom. The van der Waals surface area contributed by atoms with Gasteiger partial charge in [0.2, 0.25) is 0 Å². The van der Waals surface area contributed by atoms with Crippen molar-refractivity contribution in [2.45, 2.75) is 18.9 Å². The van der Waals surface area contributed by atoms with Crippen LogP contribution in [0.1, 0.15) is 23.9 Å². The molecule has 0 unspecified atom stereocenters. The van der Waals surface area contributed by atoms with E-state index in [1.165, 1.54) is 0 Å². The van der Waals surface area contributed by atoms with E-state index >= 15 is 0 Å². The molecule has 5 nitrogen and oxygen atoms in total. The number of benzene rings is 1. The van der Waals surface area contributed by atoms with Gasteiger partial charge in [-0.15, -0.1) is 0 Å². The Kier molecular flexibility index (Phi) is 2.24. The second kappa shape index (κ2) is 3.76. The van der Waals surface area contributed by atoms with Crippen LogP contribution in [0.3, 0.4) is 0 Å². The van der Waals surface area contributed by atoms with Gasteiger partial charge in [0.1, 0.15) is 11.6 Å². The minimum Gasteiger partial charge on any atom is -0.497 e. The van der Waals surface area contributed by atoms with Crippen molar-refractivity contribution in [3.05, 3.63) is 46.1 Å². The largest absolute Gasteiger partial charge is 0.497 e. The van der Waals surface area contributed by atoms with Gasteiger partial charge in [-0.2, -0.15) is 5.10 Å². The third kappa shape index (κ3) is 1.54. The van der Waals surface area contributed by atoms with Gasteiger partial charge < -0.3 is 4.74 Å². The fourth-order valence-corrected chi connectivity index (χ4v) is 2.37. The van der Waals surface area contributed by atoms with Crippen LogP contribution < -0.4 is 10.4 Å². The number of aromatic amines is 1. The van der Waals surface area contributed by atoms with Crippen LogP contribution in [0.25, 0.3) is 0 Å². The first kappa shape index (κ1) is 10.1. The molecule has 17 heavy (non-hydrogen) atoms. The van der Waals surface area contributed by atoms with Crippen molar-refractivity contribution >= 4 is 0 Å². The summed E-state index contributed by atoms with van der Waals surface area (Å²) in [5, 5.41) is 6.50. The second-order valence-electron chi connectivity index (χ2n) is 4.14. The standard InChI is InChI=1S/C12H13N3O2/c1-17-9-4-2-8(3-5-9)10-6-7-11-13-14-12(16)15(10)11/h2-5,10H,6-7H2,1H3,(H,14,16)/t10-/m1/s1. The lowest BCUT2D eigenvalue weighted by atomic mass is 10.0. The lowest BCUT2D eigenvalue weighted by Gasteiger charge is -2.12. The number of nitrogens with zero attached hydrogens (tertiary/aromatic N) is 2. The summed E-state index contributed by atoms with van der Waals surface area (Å²) >= 11 is 0. The summed E-state index contributed by atoms with van der Waals surface area (Å²) in [6.07, 6.45) is 1.77. The van der Waals surface area contributed by atoms with Crippen LogP contribution in [0.4, 0.5) is 0 Å². The maximum Gasteiger partial charge on any atom is 0.343 e. The predicted molar refractivity (Wildman–Crippen MR) is 62.3 cm³/mol. The first-order valence-corrected chi connectivity index (χ1v) is 5.59. The van der Waals surface area contributed by atoms with Crippen molar-refractivity contribution in [3.63, 3.8) is 0 Å². The zero-order valence-electron chi connectivity index (χ0n) is 9.51. The lowest BCUT2D eigenvalue weighted by molar-refractivity contribution is 0.414. The Morgan fingerprint density at radius 1 is 1.41 bits per heavy atom. The number of aromatic nitrogens is 3. The molecule has 1 aromatic carbocycles. The summed E-state index contributed by atoms with van der Waals surface area (Å²) in [5.41, 5.74) is 0.992. The maximum atomic E-state index is 11.6. The van der Waals surface area contributed by atoms with Gasteiger partial charge in [-0.25, -0.2) is 9.89 Å². The molecular formula is C12H13N3O2. The Hall–Kier alpha value is -2.04. The average Bonchev–Trinajstić information content (AvgIpc) is 2.93. The molecule has 0 radical (unpaired) electrons. The normalized spacial score (nSPS) is 18.1. The van der Waals surface area contributed by atoms with Gasteiger partial charge in [0, 0.05) is 6.42 Å². The number of methoxy groups -OCH3 is 1. The van der Waals surface area contributed by atoms with Crippen molar-refractivity contribution in [2.75, 3.05) is 7.11 Å². The molecular weight excluding hydrogens is 218 g/mol. The number of fused-ring (bicyclic) bond motifs is 1. The molecule has 0 amide bonds. The van der Waals surface area contributed by atoms with Gasteiger partial charge in [0.25, 0.3) is 0 Å². The third-order valence-electron chi connectivity index (χ3n) is 3.23. The van der Waals surface area contributed by atoms with Crippen LogP contribution >= 0.6 is 0 Å². The number of ether oxygens (including phenoxy) is 1. The van der Waals surface area contributed by atoms with E-state index in [4.69, 9.17) is 4.74 Å². The predicted octanol–water partition coefficient (Wildman–Crippen LogP) is 1.12. The Bertz CT molecular complexity index is 583. The number of aryl methyl sites for hydroxylation is 1. The molecule has 88 valence electrons. The average molecular weight is 231 g/mol. The zero-order chi connectivity index (χ0) is 11.8. The molecule has 0 aliphatic carbocycles. The van der Waals surface area contributed by atoms with Crippen LogP contribution in [0.2, 0.25) is 0 Å². The molecule has 0 saturated carbocycles. The molecule has 0 spiro atoms. The molecule has 0 bridgehead atoms. The summed E-state index contributed by atoms with van der Waals surface area (Å²) in [5.74, 6) is 1.67. The van der Waals surface area contributed by atoms with E-state index < -0.39 is 0 Å². The summed E-state index contributed by atoms with van der Waals surface area (Å²) in [4.78, 5) is 11.6. The fraction of sp³-hybridized carbons (Fsp3) is 0.333. The van der Waals surface area contributed by atoms with Gasteiger partial charge in [-0.1, -0.05) is 12.1 Å². The van der Waals surface area contributed by atoms with E-state index in [9.17, 15) is 4.79 Å². The van der Waals surface area contributed by atoms with E-state index in [0.717, 1.165) is 30.0 Å². The van der Waals surface area contributed by atoms with Crippen LogP contribution in [0.5, 0.6) is 5.75 Å². The van der Waals surface area contributed by atoms with Crippen LogP contribution in [-0.2, 0) is 6.42 Å². The topological polar surface area (TPSA) is 59.9 Å². The summed E-state index contributed by atoms with van der Waals surface area (Å²) in [6.45, 7) is 0. The van der Waals surface area contributed by atoms with E-state index in [2.05, 4.69) is 10.2 Å². The lowest BCUT2D eigenvalue weighted by Crippen LogP contribution is -2.20. The number of hydrogen-bond donors (Lipinski definition) is 1. The number of hydrogen-bond acceptors (Lipinski definition) is 3. The first-order chi connectivity index (χ1) is 8.29. The summed E-state index contributed by atoms with van der Waals surface area (Å²) in [6, 6.07) is 7.93. The van der Waals surface area contributed by atoms with Crippen LogP contribution in [0, 0.1) is 0 Å². The highest BCUT2D eigenvalue weighted by Crippen LogP contribution is 2.29. The van der Waals surface area contributed by atoms with Gasteiger partial charge in [0.15, 0.2) is 0 Å². The SMILES string of the molecule is COc1ccc([C@H]2CCc3n[nH]c(=O)n32)cc1. The Labute approximate surface area is 98.0 Å². The number of H-pyrrole nitrogens is 1. The quantitative estimate of drug-likeness (QED) is 0.842. The molecule has 2 aromatic rings. The molecule has 1 aliphatic heterocycles. The third-order valence-corrected chi connectivity index (χ3v) is 3.23.